The highest BCUT2D eigenvalue weighted by Crippen LogP contribution is 2.17. The largest absolute Gasteiger partial charge is 0.494 e. The Labute approximate surface area is 192 Å². The number of carbonyl (C=O) groups excluding carboxylic acids is 1. The minimum Gasteiger partial charge on any atom is -0.494 e. The van der Waals surface area contributed by atoms with Crippen molar-refractivity contribution in [1.82, 2.24) is 30.0 Å². The zero-order valence-electron chi connectivity index (χ0n) is 18.2. The number of nitrogens with zero attached hydrogens (tertiary/aromatic N) is 6. The van der Waals surface area contributed by atoms with Crippen LogP contribution < -0.4 is 4.74 Å². The summed E-state index contributed by atoms with van der Waals surface area (Å²) in [6.07, 6.45) is 2.12. The molecule has 1 aliphatic heterocycles. The standard InChI is InChI=1S/C23H27ClN6O2/c1-2-3-16-32-21-10-4-18(5-11-21)23(31)29-14-12-28(13-15-29)17-22-25-26-27-30(22)20-8-6-19(24)7-9-20/h4-11H,2-3,12-17H2,1H3. The summed E-state index contributed by atoms with van der Waals surface area (Å²) in [5, 5.41) is 12.8. The third-order valence-corrected chi connectivity index (χ3v) is 5.75. The van der Waals surface area contributed by atoms with Crippen LogP contribution in [0.5, 0.6) is 5.75 Å². The van der Waals surface area contributed by atoms with Crippen molar-refractivity contribution in [2.45, 2.75) is 26.3 Å². The van der Waals surface area contributed by atoms with Crippen LogP contribution in [0.3, 0.4) is 0 Å². The molecule has 8 nitrogen and oxygen atoms in total. The third kappa shape index (κ3) is 5.44. The van der Waals surface area contributed by atoms with Gasteiger partial charge in [-0.25, -0.2) is 0 Å². The molecule has 3 aromatic rings. The highest BCUT2D eigenvalue weighted by atomic mass is 35.5. The number of aromatic nitrogens is 4. The van der Waals surface area contributed by atoms with E-state index < -0.39 is 0 Å². The second kappa shape index (κ2) is 10.6. The first kappa shape index (κ1) is 22.2. The monoisotopic (exact) mass is 454 g/mol. The van der Waals surface area contributed by atoms with E-state index in [1.165, 1.54) is 0 Å². The van der Waals surface area contributed by atoms with Crippen molar-refractivity contribution in [3.05, 3.63) is 64.9 Å². The Kier molecular flexibility index (Phi) is 7.34. The SMILES string of the molecule is CCCCOc1ccc(C(=O)N2CCN(Cc3nnnn3-c3ccc(Cl)cc3)CC2)cc1. The molecule has 1 aliphatic rings. The summed E-state index contributed by atoms with van der Waals surface area (Å²) in [5.74, 6) is 1.61. The van der Waals surface area contributed by atoms with Gasteiger partial charge in [0.25, 0.3) is 5.91 Å². The topological polar surface area (TPSA) is 76.4 Å². The van der Waals surface area contributed by atoms with Crippen molar-refractivity contribution >= 4 is 17.5 Å². The number of unbranched alkanes of at least 4 members (excludes halogenated alkanes) is 1. The number of hydrogen-bond acceptors (Lipinski definition) is 6. The number of amides is 1. The molecule has 1 aromatic heterocycles. The van der Waals surface area contributed by atoms with Crippen molar-refractivity contribution in [3.63, 3.8) is 0 Å². The number of benzene rings is 2. The molecule has 32 heavy (non-hydrogen) atoms. The van der Waals surface area contributed by atoms with Crippen LogP contribution in [-0.4, -0.2) is 68.7 Å². The lowest BCUT2D eigenvalue weighted by Gasteiger charge is -2.34. The summed E-state index contributed by atoms with van der Waals surface area (Å²) < 4.78 is 7.40. The summed E-state index contributed by atoms with van der Waals surface area (Å²) in [7, 11) is 0. The lowest BCUT2D eigenvalue weighted by Crippen LogP contribution is -2.48. The van der Waals surface area contributed by atoms with Crippen molar-refractivity contribution < 1.29 is 9.53 Å². The first-order valence-electron chi connectivity index (χ1n) is 10.9. The Morgan fingerprint density at radius 1 is 1.03 bits per heavy atom. The van der Waals surface area contributed by atoms with Crippen LogP contribution >= 0.6 is 11.6 Å². The van der Waals surface area contributed by atoms with Gasteiger partial charge < -0.3 is 9.64 Å². The number of carbonyl (C=O) groups is 1. The molecule has 168 valence electrons. The Bertz CT molecular complexity index is 1010. The van der Waals surface area contributed by atoms with Gasteiger partial charge in [-0.2, -0.15) is 4.68 Å². The summed E-state index contributed by atoms with van der Waals surface area (Å²) in [6, 6.07) is 14.8. The number of ether oxygens (including phenoxy) is 1. The Balaban J connectivity index is 1.30. The fourth-order valence-electron chi connectivity index (χ4n) is 3.61. The predicted molar refractivity (Wildman–Crippen MR) is 122 cm³/mol. The molecule has 0 aliphatic carbocycles. The minimum atomic E-state index is 0.0516. The van der Waals surface area contributed by atoms with Gasteiger partial charge in [-0.15, -0.1) is 5.10 Å². The number of tetrazole rings is 1. The van der Waals surface area contributed by atoms with Crippen molar-refractivity contribution in [1.29, 1.82) is 0 Å². The molecule has 0 saturated carbocycles. The van der Waals surface area contributed by atoms with Gasteiger partial charge in [0.1, 0.15) is 5.75 Å². The molecule has 0 atom stereocenters. The van der Waals surface area contributed by atoms with E-state index in [2.05, 4.69) is 27.3 Å². The van der Waals surface area contributed by atoms with Crippen LogP contribution in [0.25, 0.3) is 5.69 Å². The summed E-state index contributed by atoms with van der Waals surface area (Å²) in [6.45, 7) is 6.29. The third-order valence-electron chi connectivity index (χ3n) is 5.50. The average molecular weight is 455 g/mol. The van der Waals surface area contributed by atoms with E-state index in [9.17, 15) is 4.79 Å². The van der Waals surface area contributed by atoms with Crippen LogP contribution in [-0.2, 0) is 6.54 Å². The molecular formula is C23H27ClN6O2. The van der Waals surface area contributed by atoms with E-state index >= 15 is 0 Å². The second-order valence-electron chi connectivity index (χ2n) is 7.78. The number of rotatable bonds is 8. The molecule has 1 fully saturated rings. The highest BCUT2D eigenvalue weighted by molar-refractivity contribution is 6.30. The van der Waals surface area contributed by atoms with E-state index in [0.717, 1.165) is 43.2 Å². The zero-order valence-corrected chi connectivity index (χ0v) is 18.9. The van der Waals surface area contributed by atoms with Crippen LogP contribution in [0.1, 0.15) is 35.9 Å². The molecular weight excluding hydrogens is 428 g/mol. The zero-order chi connectivity index (χ0) is 22.3. The van der Waals surface area contributed by atoms with Crippen LogP contribution in [0.4, 0.5) is 0 Å². The highest BCUT2D eigenvalue weighted by Gasteiger charge is 2.23. The first-order chi connectivity index (χ1) is 15.6. The lowest BCUT2D eigenvalue weighted by molar-refractivity contribution is 0.0624. The quantitative estimate of drug-likeness (QED) is 0.485. The molecule has 4 rings (SSSR count). The van der Waals surface area contributed by atoms with Gasteiger partial charge in [0.05, 0.1) is 18.8 Å². The van der Waals surface area contributed by atoms with E-state index in [1.807, 2.05) is 53.4 Å². The molecule has 0 spiro atoms. The maximum absolute atomic E-state index is 12.9. The first-order valence-corrected chi connectivity index (χ1v) is 11.3. The van der Waals surface area contributed by atoms with E-state index in [4.69, 9.17) is 16.3 Å². The number of halogens is 1. The fourth-order valence-corrected chi connectivity index (χ4v) is 3.73. The molecule has 0 radical (unpaired) electrons. The Morgan fingerprint density at radius 2 is 1.75 bits per heavy atom. The molecule has 0 unspecified atom stereocenters. The van der Waals surface area contributed by atoms with Gasteiger partial charge >= 0.3 is 0 Å². The summed E-state index contributed by atoms with van der Waals surface area (Å²) in [5.41, 5.74) is 1.55. The molecule has 2 heterocycles. The van der Waals surface area contributed by atoms with Gasteiger partial charge in [-0.3, -0.25) is 9.69 Å². The molecule has 9 heteroatoms. The Morgan fingerprint density at radius 3 is 2.44 bits per heavy atom. The lowest BCUT2D eigenvalue weighted by atomic mass is 10.1. The number of hydrogen-bond donors (Lipinski definition) is 0. The molecule has 0 N–H and O–H groups in total. The molecule has 2 aromatic carbocycles. The van der Waals surface area contributed by atoms with Crippen molar-refractivity contribution in [2.75, 3.05) is 32.8 Å². The maximum Gasteiger partial charge on any atom is 0.253 e. The van der Waals surface area contributed by atoms with E-state index in [0.29, 0.717) is 36.8 Å². The van der Waals surface area contributed by atoms with Crippen LogP contribution in [0.2, 0.25) is 5.02 Å². The van der Waals surface area contributed by atoms with Crippen LogP contribution in [0.15, 0.2) is 48.5 Å². The van der Waals surface area contributed by atoms with Gasteiger partial charge in [0.2, 0.25) is 0 Å². The smallest absolute Gasteiger partial charge is 0.253 e. The molecule has 0 bridgehead atoms. The fraction of sp³-hybridized carbons (Fsp3) is 0.391. The summed E-state index contributed by atoms with van der Waals surface area (Å²) in [4.78, 5) is 17.0. The van der Waals surface area contributed by atoms with Gasteiger partial charge in [0, 0.05) is 36.8 Å². The van der Waals surface area contributed by atoms with Gasteiger partial charge in [0.15, 0.2) is 5.82 Å². The maximum atomic E-state index is 12.9. The van der Waals surface area contributed by atoms with E-state index in [1.54, 1.807) is 4.68 Å². The van der Waals surface area contributed by atoms with Crippen molar-refractivity contribution in [3.8, 4) is 11.4 Å². The molecule has 1 amide bonds. The Hall–Kier alpha value is -2.97. The van der Waals surface area contributed by atoms with Crippen molar-refractivity contribution in [2.24, 2.45) is 0 Å². The second-order valence-corrected chi connectivity index (χ2v) is 8.21. The van der Waals surface area contributed by atoms with E-state index in [-0.39, 0.29) is 5.91 Å². The van der Waals surface area contributed by atoms with Crippen LogP contribution in [0, 0.1) is 0 Å². The normalized spacial score (nSPS) is 14.5. The predicted octanol–water partition coefficient (Wildman–Crippen LogP) is 3.45. The van der Waals surface area contributed by atoms with Gasteiger partial charge in [-0.05, 0) is 65.4 Å². The minimum absolute atomic E-state index is 0.0516. The molecule has 1 saturated heterocycles. The van der Waals surface area contributed by atoms with Gasteiger partial charge in [-0.1, -0.05) is 24.9 Å². The number of piperazine rings is 1. The summed E-state index contributed by atoms with van der Waals surface area (Å²) >= 11 is 5.98. The average Bonchev–Trinajstić information content (AvgIpc) is 3.28.